The highest BCUT2D eigenvalue weighted by Crippen LogP contribution is 2.72. The van der Waals surface area contributed by atoms with Crippen LogP contribution in [-0.4, -0.2) is 42.0 Å². The van der Waals surface area contributed by atoms with Crippen molar-refractivity contribution in [2.24, 2.45) is 0 Å². The third-order valence-corrected chi connectivity index (χ3v) is 9.55. The summed E-state index contributed by atoms with van der Waals surface area (Å²) < 4.78 is 9.09. The fourth-order valence-electron chi connectivity index (χ4n) is 1.65. The second-order valence-electron chi connectivity index (χ2n) is 4.92. The zero-order valence-corrected chi connectivity index (χ0v) is 22.2. The highest BCUT2D eigenvalue weighted by atomic mass is 36.1. The second-order valence-corrected chi connectivity index (χ2v) is 17.7. The standard InChI is InChI=1S/C6H6Cl6.C6H5Cl3P.ClH2O3P/c7-1-2(8)4(10)6(12)5(11)3(1)9;7-10(8,9)6-4-2-1-3-5-6;1-5(2,3)4/h1-6H;1-5H;(H2,2,3,4)/q;+1;. The van der Waals surface area contributed by atoms with E-state index in [0.717, 1.165) is 5.30 Å². The zero-order chi connectivity index (χ0) is 21.6. The Kier molecular flexibility index (Phi) is 14.6. The minimum atomic E-state index is -4.17. The van der Waals surface area contributed by atoms with Gasteiger partial charge in [-0.25, -0.2) is 4.57 Å². The molecule has 2 N–H and O–H groups in total. The van der Waals surface area contributed by atoms with Crippen LogP contribution in [0.3, 0.4) is 0 Å². The van der Waals surface area contributed by atoms with Crippen LogP contribution < -0.4 is 5.30 Å². The number of hydrogen-bond acceptors (Lipinski definition) is 1. The van der Waals surface area contributed by atoms with Crippen LogP contribution in [0.5, 0.6) is 0 Å². The molecule has 0 atom stereocenters. The predicted octanol–water partition coefficient (Wildman–Crippen LogP) is 7.75. The number of rotatable bonds is 1. The van der Waals surface area contributed by atoms with Crippen LogP contribution in [0.25, 0.3) is 0 Å². The summed E-state index contributed by atoms with van der Waals surface area (Å²) >= 11 is 56.6. The van der Waals surface area contributed by atoms with E-state index in [2.05, 4.69) is 11.2 Å². The number of hydrogen-bond donors (Lipinski definition) is 2. The Bertz CT molecular complexity index is 532. The predicted molar refractivity (Wildman–Crippen MR) is 126 cm³/mol. The molecule has 0 aromatic heterocycles. The van der Waals surface area contributed by atoms with Crippen LogP contribution in [0.2, 0.25) is 0 Å². The van der Waals surface area contributed by atoms with Gasteiger partial charge in [-0.15, -0.1) is 69.6 Å². The van der Waals surface area contributed by atoms with Crippen molar-refractivity contribution in [2.45, 2.75) is 32.3 Å². The summed E-state index contributed by atoms with van der Waals surface area (Å²) in [5.41, 5.74) is 0. The van der Waals surface area contributed by atoms with Gasteiger partial charge in [-0.2, -0.15) is 0 Å². The van der Waals surface area contributed by atoms with Gasteiger partial charge in [0.2, 0.25) is 0 Å². The van der Waals surface area contributed by atoms with Gasteiger partial charge >= 0.3 is 12.3 Å². The van der Waals surface area contributed by atoms with Crippen molar-refractivity contribution in [3.63, 3.8) is 0 Å². The molecule has 0 bridgehead atoms. The van der Waals surface area contributed by atoms with Crippen molar-refractivity contribution < 1.29 is 14.4 Å². The van der Waals surface area contributed by atoms with E-state index in [1.54, 1.807) is 0 Å². The van der Waals surface area contributed by atoms with E-state index >= 15 is 0 Å². The number of halogens is 10. The molecular formula is C12H13Cl10O3P2+. The maximum Gasteiger partial charge on any atom is 0.419 e. The Morgan fingerprint density at radius 2 is 0.926 bits per heavy atom. The van der Waals surface area contributed by atoms with E-state index in [1.807, 2.05) is 30.3 Å². The van der Waals surface area contributed by atoms with Crippen molar-refractivity contribution in [1.82, 2.24) is 0 Å². The molecule has 0 radical (unpaired) electrons. The van der Waals surface area contributed by atoms with Gasteiger partial charge in [0.1, 0.15) is 39.0 Å². The average Bonchev–Trinajstić information content (AvgIpc) is 2.56. The lowest BCUT2D eigenvalue weighted by Crippen LogP contribution is -2.52. The van der Waals surface area contributed by atoms with Crippen LogP contribution in [0, 0.1) is 0 Å². The molecule has 158 valence electrons. The van der Waals surface area contributed by atoms with Crippen LogP contribution in [0.4, 0.5) is 0 Å². The minimum absolute atomic E-state index is 0.437. The third-order valence-electron chi connectivity index (χ3n) is 2.87. The van der Waals surface area contributed by atoms with E-state index < -0.39 is 44.5 Å². The molecule has 2 rings (SSSR count). The molecule has 0 aliphatic heterocycles. The van der Waals surface area contributed by atoms with Crippen molar-refractivity contribution in [2.75, 3.05) is 0 Å². The molecule has 0 amide bonds. The van der Waals surface area contributed by atoms with Gasteiger partial charge in [-0.1, -0.05) is 18.2 Å². The quantitative estimate of drug-likeness (QED) is 0.249. The average molecular weight is 622 g/mol. The van der Waals surface area contributed by atoms with Gasteiger partial charge in [0, 0.05) is 11.2 Å². The van der Waals surface area contributed by atoms with E-state index in [1.165, 1.54) is 0 Å². The summed E-state index contributed by atoms with van der Waals surface area (Å²) in [6.07, 6.45) is 0. The smallest absolute Gasteiger partial charge is 0.313 e. The Labute approximate surface area is 207 Å². The minimum Gasteiger partial charge on any atom is -0.313 e. The van der Waals surface area contributed by atoms with Crippen LogP contribution in [-0.2, 0) is 4.57 Å². The molecule has 1 aromatic carbocycles. The molecule has 0 saturated heterocycles. The zero-order valence-electron chi connectivity index (χ0n) is 12.8. The van der Waals surface area contributed by atoms with Gasteiger partial charge < -0.3 is 9.79 Å². The van der Waals surface area contributed by atoms with Gasteiger partial charge in [0.05, 0.1) is 32.3 Å². The van der Waals surface area contributed by atoms with Crippen LogP contribution >= 0.6 is 127 Å². The molecule has 1 saturated carbocycles. The number of alkyl halides is 6. The van der Waals surface area contributed by atoms with Crippen molar-refractivity contribution >= 4 is 132 Å². The molecule has 1 aliphatic rings. The summed E-state index contributed by atoms with van der Waals surface area (Å²) in [6.45, 7) is -4.17. The van der Waals surface area contributed by atoms with Crippen molar-refractivity contribution in [1.29, 1.82) is 0 Å². The molecular weight excluding hydrogens is 609 g/mol. The molecule has 27 heavy (non-hydrogen) atoms. The first kappa shape index (κ1) is 29.7. The summed E-state index contributed by atoms with van der Waals surface area (Å²) in [7, 11) is 0. The number of benzene rings is 1. The normalized spacial score (nSPS) is 31.1. The highest BCUT2D eigenvalue weighted by Gasteiger charge is 2.46. The van der Waals surface area contributed by atoms with Crippen molar-refractivity contribution in [3.8, 4) is 0 Å². The monoisotopic (exact) mass is 617 g/mol. The Balaban J connectivity index is 0.000000408. The first-order chi connectivity index (χ1) is 12.1. The van der Waals surface area contributed by atoms with Gasteiger partial charge in [0.15, 0.2) is 0 Å². The molecule has 1 aromatic rings. The lowest BCUT2D eigenvalue weighted by atomic mass is 9.97. The highest BCUT2D eigenvalue weighted by molar-refractivity contribution is 8.36. The van der Waals surface area contributed by atoms with Gasteiger partial charge in [-0.05, 0) is 12.1 Å². The Morgan fingerprint density at radius 3 is 1.07 bits per heavy atom. The SMILES string of the molecule is ClC1C(Cl)C(Cl)C(Cl)C(Cl)C1Cl.Cl[P+](Cl)(Cl)c1ccccc1.O=P(O)(O)Cl. The fraction of sp³-hybridized carbons (Fsp3) is 0.500. The first-order valence-electron chi connectivity index (χ1n) is 6.70. The van der Waals surface area contributed by atoms with E-state index in [9.17, 15) is 0 Å². The summed E-state index contributed by atoms with van der Waals surface area (Å²) in [4.78, 5) is 14.8. The van der Waals surface area contributed by atoms with Gasteiger partial charge in [0.25, 0.3) is 0 Å². The topological polar surface area (TPSA) is 57.5 Å². The van der Waals surface area contributed by atoms with Crippen LogP contribution in [0.1, 0.15) is 0 Å². The summed E-state index contributed by atoms with van der Waals surface area (Å²) in [5.74, 6) is 0. The molecule has 1 fully saturated rings. The Morgan fingerprint density at radius 1 is 0.704 bits per heavy atom. The third kappa shape index (κ3) is 12.4. The molecule has 0 heterocycles. The molecule has 3 nitrogen and oxygen atoms in total. The van der Waals surface area contributed by atoms with Gasteiger partial charge in [-0.3, -0.25) is 0 Å². The maximum absolute atomic E-state index is 9.09. The van der Waals surface area contributed by atoms with Crippen LogP contribution in [0.15, 0.2) is 30.3 Å². The van der Waals surface area contributed by atoms with E-state index in [-0.39, 0.29) is 0 Å². The molecule has 15 heteroatoms. The lowest BCUT2D eigenvalue weighted by molar-refractivity contribution is 0.395. The first-order valence-corrected chi connectivity index (χ1v) is 16.3. The fourth-order valence-corrected chi connectivity index (χ4v) is 5.50. The largest absolute Gasteiger partial charge is 0.419 e. The molecule has 1 aliphatic carbocycles. The van der Waals surface area contributed by atoms with E-state index in [4.69, 9.17) is 118 Å². The summed E-state index contributed by atoms with van der Waals surface area (Å²) in [6, 6.07) is 9.25. The molecule has 0 unspecified atom stereocenters. The maximum atomic E-state index is 9.09. The Hall–Kier alpha value is 2.70. The summed E-state index contributed by atoms with van der Waals surface area (Å²) in [5, 5.41) is -4.17. The van der Waals surface area contributed by atoms with E-state index in [0.29, 0.717) is 0 Å². The second kappa shape index (κ2) is 13.3. The van der Waals surface area contributed by atoms with Crippen molar-refractivity contribution in [3.05, 3.63) is 30.3 Å². The molecule has 0 spiro atoms. The lowest BCUT2D eigenvalue weighted by Gasteiger charge is -2.37.